The zero-order chi connectivity index (χ0) is 19.2. The molecule has 2 heterocycles. The molecule has 7 heteroatoms. The monoisotopic (exact) mass is 371 g/mol. The van der Waals surface area contributed by atoms with Gasteiger partial charge in [-0.05, 0) is 25.1 Å². The summed E-state index contributed by atoms with van der Waals surface area (Å²) in [6.07, 6.45) is 1.51. The van der Waals surface area contributed by atoms with Crippen molar-refractivity contribution >= 4 is 17.6 Å². The summed E-state index contributed by atoms with van der Waals surface area (Å²) >= 11 is 0. The number of carbonyl (C=O) groups excluding carboxylic acids is 2. The minimum atomic E-state index is -0.384. The molecule has 1 amide bonds. The Morgan fingerprint density at radius 2 is 1.74 bits per heavy atom. The number of anilines is 1. The molecule has 1 aromatic carbocycles. The quantitative estimate of drug-likeness (QED) is 0.784. The Morgan fingerprint density at radius 3 is 2.41 bits per heavy atom. The summed E-state index contributed by atoms with van der Waals surface area (Å²) in [6, 6.07) is 9.41. The Balaban J connectivity index is 1.45. The van der Waals surface area contributed by atoms with Crippen molar-refractivity contribution in [3.63, 3.8) is 0 Å². The summed E-state index contributed by atoms with van der Waals surface area (Å²) < 4.78 is 10.2. The van der Waals surface area contributed by atoms with E-state index in [1.54, 1.807) is 6.07 Å². The first-order valence-electron chi connectivity index (χ1n) is 9.01. The molecule has 0 radical (unpaired) electrons. The van der Waals surface area contributed by atoms with Crippen LogP contribution in [-0.2, 0) is 16.1 Å². The van der Waals surface area contributed by atoms with Crippen molar-refractivity contribution < 1.29 is 18.7 Å². The molecule has 27 heavy (non-hydrogen) atoms. The number of carbonyl (C=O) groups is 2. The lowest BCUT2D eigenvalue weighted by Gasteiger charge is -2.33. The Kier molecular flexibility index (Phi) is 6.26. The fourth-order valence-electron chi connectivity index (χ4n) is 3.10. The molecule has 1 saturated heterocycles. The predicted octanol–water partition coefficient (Wildman–Crippen LogP) is 2.13. The van der Waals surface area contributed by atoms with Gasteiger partial charge in [-0.1, -0.05) is 17.7 Å². The molecule has 7 nitrogen and oxygen atoms in total. The van der Waals surface area contributed by atoms with Crippen molar-refractivity contribution in [1.82, 2.24) is 9.80 Å². The van der Waals surface area contributed by atoms with Gasteiger partial charge in [0.15, 0.2) is 0 Å². The van der Waals surface area contributed by atoms with Crippen LogP contribution >= 0.6 is 0 Å². The van der Waals surface area contributed by atoms with Crippen molar-refractivity contribution in [2.45, 2.75) is 13.5 Å². The summed E-state index contributed by atoms with van der Waals surface area (Å²) in [7, 11) is 1.36. The second-order valence-corrected chi connectivity index (χ2v) is 6.72. The molecular formula is C20H25N3O4. The van der Waals surface area contributed by atoms with Crippen LogP contribution in [0.25, 0.3) is 0 Å². The normalized spacial score (nSPS) is 15.5. The first kappa shape index (κ1) is 19.1. The third kappa shape index (κ3) is 5.18. The number of rotatable bonds is 6. The average Bonchev–Trinajstić information content (AvgIpc) is 3.12. The molecule has 144 valence electrons. The number of aryl methyl sites for hydroxylation is 1. The van der Waals surface area contributed by atoms with Gasteiger partial charge >= 0.3 is 5.97 Å². The molecule has 0 unspecified atom stereocenters. The van der Waals surface area contributed by atoms with Crippen molar-refractivity contribution in [2.24, 2.45) is 0 Å². The van der Waals surface area contributed by atoms with Crippen LogP contribution in [0.15, 0.2) is 41.0 Å². The number of esters is 1. The number of methoxy groups -OCH3 is 1. The molecule has 1 fully saturated rings. The average molecular weight is 371 g/mol. The van der Waals surface area contributed by atoms with E-state index in [2.05, 4.69) is 15.1 Å². The molecule has 0 atom stereocenters. The SMILES string of the molecule is COC(=O)c1ccoc1CN1CCN(CC(=O)Nc2ccc(C)cc2)CC1. The first-order chi connectivity index (χ1) is 13.0. The Bertz CT molecular complexity index is 777. The maximum atomic E-state index is 12.2. The number of nitrogens with one attached hydrogen (secondary N) is 1. The fraction of sp³-hybridized carbons (Fsp3) is 0.400. The van der Waals surface area contributed by atoms with Crippen LogP contribution in [0.1, 0.15) is 21.7 Å². The Labute approximate surface area is 158 Å². The van der Waals surface area contributed by atoms with Gasteiger partial charge in [0.25, 0.3) is 0 Å². The number of nitrogens with zero attached hydrogens (tertiary/aromatic N) is 2. The maximum Gasteiger partial charge on any atom is 0.341 e. The number of hydrogen-bond donors (Lipinski definition) is 1. The fourth-order valence-corrected chi connectivity index (χ4v) is 3.10. The van der Waals surface area contributed by atoms with Crippen molar-refractivity contribution in [3.8, 4) is 0 Å². The lowest BCUT2D eigenvalue weighted by molar-refractivity contribution is -0.117. The van der Waals surface area contributed by atoms with Gasteiger partial charge in [-0.15, -0.1) is 0 Å². The van der Waals surface area contributed by atoms with Crippen molar-refractivity contribution in [3.05, 3.63) is 53.5 Å². The molecule has 1 aliphatic heterocycles. The van der Waals surface area contributed by atoms with E-state index in [-0.39, 0.29) is 11.9 Å². The Hall–Kier alpha value is -2.64. The zero-order valence-corrected chi connectivity index (χ0v) is 15.7. The molecule has 1 N–H and O–H groups in total. The second-order valence-electron chi connectivity index (χ2n) is 6.72. The van der Waals surface area contributed by atoms with Gasteiger partial charge in [0, 0.05) is 31.9 Å². The van der Waals surface area contributed by atoms with Gasteiger partial charge in [0.1, 0.15) is 11.3 Å². The second kappa shape index (κ2) is 8.83. The molecule has 0 saturated carbocycles. The third-order valence-electron chi connectivity index (χ3n) is 4.69. The highest BCUT2D eigenvalue weighted by molar-refractivity contribution is 5.92. The van der Waals surface area contributed by atoms with E-state index < -0.39 is 0 Å². The van der Waals surface area contributed by atoms with Crippen molar-refractivity contribution in [1.29, 1.82) is 0 Å². The predicted molar refractivity (Wildman–Crippen MR) is 102 cm³/mol. The van der Waals surface area contributed by atoms with E-state index in [4.69, 9.17) is 9.15 Å². The summed E-state index contributed by atoms with van der Waals surface area (Å²) in [6.45, 7) is 6.13. The van der Waals surface area contributed by atoms with Gasteiger partial charge in [-0.25, -0.2) is 4.79 Å². The van der Waals surface area contributed by atoms with E-state index >= 15 is 0 Å². The van der Waals surface area contributed by atoms with E-state index in [1.807, 2.05) is 31.2 Å². The van der Waals surface area contributed by atoms with Crippen LogP contribution in [0.3, 0.4) is 0 Å². The molecule has 1 aliphatic rings. The highest BCUT2D eigenvalue weighted by atomic mass is 16.5. The van der Waals surface area contributed by atoms with E-state index in [0.717, 1.165) is 37.4 Å². The number of furan rings is 1. The molecule has 1 aromatic heterocycles. The zero-order valence-electron chi connectivity index (χ0n) is 15.7. The number of hydrogen-bond acceptors (Lipinski definition) is 6. The Morgan fingerprint density at radius 1 is 1.07 bits per heavy atom. The topological polar surface area (TPSA) is 75.0 Å². The lowest BCUT2D eigenvalue weighted by Crippen LogP contribution is -2.48. The molecule has 2 aromatic rings. The number of amides is 1. The van der Waals surface area contributed by atoms with Gasteiger partial charge in [0.2, 0.25) is 5.91 Å². The van der Waals surface area contributed by atoms with Gasteiger partial charge in [-0.2, -0.15) is 0 Å². The smallest absolute Gasteiger partial charge is 0.341 e. The highest BCUT2D eigenvalue weighted by Crippen LogP contribution is 2.16. The molecular weight excluding hydrogens is 346 g/mol. The van der Waals surface area contributed by atoms with E-state index in [0.29, 0.717) is 24.4 Å². The standard InChI is InChI=1S/C20H25N3O4/c1-15-3-5-16(6-4-15)21-19(24)14-23-10-8-22(9-11-23)13-18-17(7-12-27-18)20(25)26-2/h3-7,12H,8-11,13-14H2,1-2H3,(H,21,24). The molecule has 0 spiro atoms. The molecule has 0 bridgehead atoms. The van der Waals surface area contributed by atoms with Crippen LogP contribution in [0.2, 0.25) is 0 Å². The van der Waals surface area contributed by atoms with Gasteiger partial charge in [-0.3, -0.25) is 14.6 Å². The molecule has 0 aliphatic carbocycles. The third-order valence-corrected chi connectivity index (χ3v) is 4.69. The van der Waals surface area contributed by atoms with Gasteiger partial charge < -0.3 is 14.5 Å². The maximum absolute atomic E-state index is 12.2. The number of piperazine rings is 1. The summed E-state index contributed by atoms with van der Waals surface area (Å²) in [4.78, 5) is 28.3. The summed E-state index contributed by atoms with van der Waals surface area (Å²) in [5, 5.41) is 2.93. The van der Waals surface area contributed by atoms with Gasteiger partial charge in [0.05, 0.1) is 26.5 Å². The summed E-state index contributed by atoms with van der Waals surface area (Å²) in [5.74, 6) is 0.226. The van der Waals surface area contributed by atoms with Crippen LogP contribution < -0.4 is 5.32 Å². The highest BCUT2D eigenvalue weighted by Gasteiger charge is 2.22. The van der Waals surface area contributed by atoms with Crippen LogP contribution in [0.4, 0.5) is 5.69 Å². The molecule has 3 rings (SSSR count). The van der Waals surface area contributed by atoms with Crippen LogP contribution in [-0.4, -0.2) is 61.5 Å². The minimum absolute atomic E-state index is 0.00804. The van der Waals surface area contributed by atoms with E-state index in [1.165, 1.54) is 13.4 Å². The first-order valence-corrected chi connectivity index (χ1v) is 9.01. The largest absolute Gasteiger partial charge is 0.467 e. The number of ether oxygens (including phenoxy) is 1. The minimum Gasteiger partial charge on any atom is -0.467 e. The van der Waals surface area contributed by atoms with Crippen LogP contribution in [0, 0.1) is 6.92 Å². The summed E-state index contributed by atoms with van der Waals surface area (Å²) in [5.41, 5.74) is 2.45. The lowest BCUT2D eigenvalue weighted by atomic mass is 10.2. The van der Waals surface area contributed by atoms with E-state index in [9.17, 15) is 9.59 Å². The number of benzene rings is 1. The van der Waals surface area contributed by atoms with Crippen LogP contribution in [0.5, 0.6) is 0 Å². The van der Waals surface area contributed by atoms with Crippen molar-refractivity contribution in [2.75, 3.05) is 45.2 Å².